The number of hydrogen-bond acceptors (Lipinski definition) is 6. The fraction of sp³-hybridized carbons (Fsp3) is 0.429. The van der Waals surface area contributed by atoms with Gasteiger partial charge in [0.2, 0.25) is 5.91 Å². The zero-order chi connectivity index (χ0) is 24.0. The van der Waals surface area contributed by atoms with Crippen LogP contribution in [0.2, 0.25) is 0 Å². The summed E-state index contributed by atoms with van der Waals surface area (Å²) in [4.78, 5) is 27.6. The molecule has 1 amide bonds. The van der Waals surface area contributed by atoms with E-state index >= 15 is 0 Å². The number of benzene rings is 2. The summed E-state index contributed by atoms with van der Waals surface area (Å²) in [5.74, 6) is -0.576. The molecule has 5 rings (SSSR count). The molecule has 0 unspecified atom stereocenters. The lowest BCUT2D eigenvalue weighted by Gasteiger charge is -2.36. The van der Waals surface area contributed by atoms with Gasteiger partial charge in [-0.05, 0) is 30.5 Å². The van der Waals surface area contributed by atoms with Crippen LogP contribution in [0.3, 0.4) is 0 Å². The minimum Gasteiger partial charge on any atom is -0.352 e. The van der Waals surface area contributed by atoms with E-state index in [9.17, 15) is 10.1 Å². The van der Waals surface area contributed by atoms with Crippen molar-refractivity contribution in [1.29, 1.82) is 5.26 Å². The SMILES string of the molecule is N#C[C@@H](C(=O)NC1CCCCC1)c1nc2ccccc2nc1N1CCN(Cc2ccccc2)CC1. The van der Waals surface area contributed by atoms with E-state index in [1.807, 2.05) is 30.3 Å². The van der Waals surface area contributed by atoms with E-state index in [1.165, 1.54) is 12.0 Å². The largest absolute Gasteiger partial charge is 0.352 e. The van der Waals surface area contributed by atoms with Crippen molar-refractivity contribution < 1.29 is 4.79 Å². The Morgan fingerprint density at radius 2 is 1.60 bits per heavy atom. The van der Waals surface area contributed by atoms with E-state index in [-0.39, 0.29) is 11.9 Å². The first kappa shape index (κ1) is 23.3. The van der Waals surface area contributed by atoms with Crippen LogP contribution in [0.4, 0.5) is 5.82 Å². The van der Waals surface area contributed by atoms with Crippen molar-refractivity contribution in [2.75, 3.05) is 31.1 Å². The van der Waals surface area contributed by atoms with Gasteiger partial charge in [-0.15, -0.1) is 0 Å². The van der Waals surface area contributed by atoms with E-state index in [0.717, 1.165) is 63.9 Å². The average Bonchev–Trinajstić information content (AvgIpc) is 2.90. The molecular weight excluding hydrogens is 436 g/mol. The minimum absolute atomic E-state index is 0.144. The van der Waals surface area contributed by atoms with Crippen molar-refractivity contribution in [3.8, 4) is 6.07 Å². The first-order chi connectivity index (χ1) is 17.2. The maximum Gasteiger partial charge on any atom is 0.243 e. The van der Waals surface area contributed by atoms with Gasteiger partial charge < -0.3 is 10.2 Å². The molecule has 180 valence electrons. The van der Waals surface area contributed by atoms with Gasteiger partial charge in [0.05, 0.1) is 17.1 Å². The van der Waals surface area contributed by atoms with Gasteiger partial charge in [0.15, 0.2) is 11.7 Å². The summed E-state index contributed by atoms with van der Waals surface area (Å²) >= 11 is 0. The topological polar surface area (TPSA) is 85.1 Å². The number of piperazine rings is 1. The fourth-order valence-corrected chi connectivity index (χ4v) is 5.17. The van der Waals surface area contributed by atoms with Crippen molar-refractivity contribution in [3.63, 3.8) is 0 Å². The first-order valence-electron chi connectivity index (χ1n) is 12.7. The monoisotopic (exact) mass is 468 g/mol. The number of carbonyl (C=O) groups excluding carboxylic acids is 1. The van der Waals surface area contributed by atoms with Crippen LogP contribution in [0.25, 0.3) is 11.0 Å². The molecule has 7 heteroatoms. The van der Waals surface area contributed by atoms with Crippen LogP contribution in [0, 0.1) is 11.3 Å². The van der Waals surface area contributed by atoms with E-state index < -0.39 is 5.92 Å². The summed E-state index contributed by atoms with van der Waals surface area (Å²) in [7, 11) is 0. The predicted octanol–water partition coefficient (Wildman–Crippen LogP) is 4.01. The highest BCUT2D eigenvalue weighted by molar-refractivity contribution is 5.89. The number of carbonyl (C=O) groups is 1. The number of fused-ring (bicyclic) bond motifs is 1. The Morgan fingerprint density at radius 1 is 0.943 bits per heavy atom. The Morgan fingerprint density at radius 3 is 2.29 bits per heavy atom. The molecule has 35 heavy (non-hydrogen) atoms. The Balaban J connectivity index is 1.38. The zero-order valence-corrected chi connectivity index (χ0v) is 20.1. The Kier molecular flexibility index (Phi) is 7.20. The first-order valence-corrected chi connectivity index (χ1v) is 12.7. The number of para-hydroxylation sites is 2. The number of rotatable bonds is 6. The second-order valence-electron chi connectivity index (χ2n) is 9.58. The highest BCUT2D eigenvalue weighted by atomic mass is 16.2. The highest BCUT2D eigenvalue weighted by Gasteiger charge is 2.31. The van der Waals surface area contributed by atoms with Crippen molar-refractivity contribution in [3.05, 3.63) is 65.9 Å². The molecule has 2 heterocycles. The Bertz CT molecular complexity index is 1190. The van der Waals surface area contributed by atoms with Crippen LogP contribution in [-0.2, 0) is 11.3 Å². The zero-order valence-electron chi connectivity index (χ0n) is 20.1. The van der Waals surface area contributed by atoms with Gasteiger partial charge in [-0.1, -0.05) is 61.7 Å². The second-order valence-corrected chi connectivity index (χ2v) is 9.58. The molecule has 1 N–H and O–H groups in total. The number of anilines is 1. The van der Waals surface area contributed by atoms with Crippen LogP contribution in [-0.4, -0.2) is 53.0 Å². The molecule has 0 spiro atoms. The number of nitrogens with one attached hydrogen (secondary N) is 1. The normalized spacial score (nSPS) is 18.2. The third-order valence-corrected chi connectivity index (χ3v) is 7.12. The predicted molar refractivity (Wildman–Crippen MR) is 137 cm³/mol. The summed E-state index contributed by atoms with van der Waals surface area (Å²) in [5, 5.41) is 13.2. The van der Waals surface area contributed by atoms with Gasteiger partial charge in [0, 0.05) is 38.8 Å². The number of hydrogen-bond donors (Lipinski definition) is 1. The number of amides is 1. The van der Waals surface area contributed by atoms with Crippen molar-refractivity contribution >= 4 is 22.8 Å². The lowest BCUT2D eigenvalue weighted by molar-refractivity contribution is -0.122. The van der Waals surface area contributed by atoms with Crippen molar-refractivity contribution in [2.24, 2.45) is 0 Å². The molecule has 2 aliphatic rings. The lowest BCUT2D eigenvalue weighted by Crippen LogP contribution is -2.47. The van der Waals surface area contributed by atoms with Crippen LogP contribution in [0.1, 0.15) is 49.3 Å². The van der Waals surface area contributed by atoms with Crippen LogP contribution < -0.4 is 10.2 Å². The maximum atomic E-state index is 13.2. The summed E-state index contributed by atoms with van der Waals surface area (Å²) in [6, 6.07) is 20.6. The van der Waals surface area contributed by atoms with Gasteiger partial charge in [0.1, 0.15) is 5.69 Å². The molecule has 1 atom stereocenters. The maximum absolute atomic E-state index is 13.2. The van der Waals surface area contributed by atoms with Crippen LogP contribution in [0.15, 0.2) is 54.6 Å². The summed E-state index contributed by atoms with van der Waals surface area (Å²) < 4.78 is 0. The molecule has 1 aliphatic carbocycles. The molecule has 1 saturated carbocycles. The Labute approximate surface area is 206 Å². The molecule has 0 radical (unpaired) electrons. The molecule has 2 fully saturated rings. The third kappa shape index (κ3) is 5.44. The second kappa shape index (κ2) is 10.8. The standard InChI is InChI=1S/C28H32N6O/c29-19-23(28(35)30-22-11-5-2-6-12-22)26-27(32-25-14-8-7-13-24(25)31-26)34-17-15-33(16-18-34)20-21-9-3-1-4-10-21/h1,3-4,7-10,13-14,22-23H,2,5-6,11-12,15-18,20H2,(H,30,35)/t23-/m1/s1. The van der Waals surface area contributed by atoms with E-state index in [2.05, 4.69) is 45.5 Å². The molecule has 2 aromatic carbocycles. The molecule has 3 aromatic rings. The fourth-order valence-electron chi connectivity index (χ4n) is 5.17. The van der Waals surface area contributed by atoms with Gasteiger partial charge in [-0.2, -0.15) is 5.26 Å². The molecular formula is C28H32N6O. The lowest BCUT2D eigenvalue weighted by atomic mass is 9.94. The molecule has 0 bridgehead atoms. The van der Waals surface area contributed by atoms with E-state index in [4.69, 9.17) is 9.97 Å². The summed E-state index contributed by atoms with van der Waals surface area (Å²) in [6.07, 6.45) is 5.41. The average molecular weight is 469 g/mol. The van der Waals surface area contributed by atoms with E-state index in [1.54, 1.807) is 0 Å². The molecule has 1 aliphatic heterocycles. The van der Waals surface area contributed by atoms with Crippen molar-refractivity contribution in [2.45, 2.75) is 50.6 Å². The quantitative estimate of drug-likeness (QED) is 0.588. The number of aromatic nitrogens is 2. The number of nitrogens with zero attached hydrogens (tertiary/aromatic N) is 5. The molecule has 1 aromatic heterocycles. The Hall–Kier alpha value is -3.50. The van der Waals surface area contributed by atoms with Crippen LogP contribution >= 0.6 is 0 Å². The summed E-state index contributed by atoms with van der Waals surface area (Å²) in [5.41, 5.74) is 3.26. The number of nitriles is 1. The third-order valence-electron chi connectivity index (χ3n) is 7.12. The minimum atomic E-state index is -0.980. The molecule has 1 saturated heterocycles. The summed E-state index contributed by atoms with van der Waals surface area (Å²) in [6.45, 7) is 4.22. The van der Waals surface area contributed by atoms with Gasteiger partial charge in [-0.25, -0.2) is 9.97 Å². The van der Waals surface area contributed by atoms with E-state index in [0.29, 0.717) is 17.0 Å². The molecule has 7 nitrogen and oxygen atoms in total. The van der Waals surface area contributed by atoms with Crippen molar-refractivity contribution in [1.82, 2.24) is 20.2 Å². The smallest absolute Gasteiger partial charge is 0.243 e. The van der Waals surface area contributed by atoms with Crippen LogP contribution in [0.5, 0.6) is 0 Å². The van der Waals surface area contributed by atoms with Gasteiger partial charge in [0.25, 0.3) is 0 Å². The van der Waals surface area contributed by atoms with Gasteiger partial charge >= 0.3 is 0 Å². The van der Waals surface area contributed by atoms with Gasteiger partial charge in [-0.3, -0.25) is 9.69 Å². The highest BCUT2D eigenvalue weighted by Crippen LogP contribution is 2.29.